The molecule has 0 aliphatic rings. The highest BCUT2D eigenvalue weighted by Crippen LogP contribution is 2.21. The summed E-state index contributed by atoms with van der Waals surface area (Å²) in [5.41, 5.74) is 2.34. The van der Waals surface area contributed by atoms with Crippen LogP contribution in [0.15, 0.2) is 47.5 Å². The number of halogens is 3. The standard InChI is InChI=1S/C21H27ClFN3O2S.HI/c1-4-15(16-5-8-19(22)9-6-16)12-25-21(24-2)26-13-18-11-20(23)10-7-17(18)14-29(3,27)28;/h5-11,15H,4,12-14H2,1-3H3,(H2,24,25,26);1H. The van der Waals surface area contributed by atoms with E-state index in [4.69, 9.17) is 11.6 Å². The maximum Gasteiger partial charge on any atom is 0.191 e. The van der Waals surface area contributed by atoms with Crippen LogP contribution in [0.5, 0.6) is 0 Å². The van der Waals surface area contributed by atoms with Crippen LogP contribution in [-0.2, 0) is 22.1 Å². The summed E-state index contributed by atoms with van der Waals surface area (Å²) in [6.45, 7) is 3.04. The fourth-order valence-corrected chi connectivity index (χ4v) is 4.01. The molecule has 0 amide bonds. The second-order valence-corrected chi connectivity index (χ2v) is 9.52. The number of aliphatic imine (C=N–C) groups is 1. The second kappa shape index (κ2) is 12.5. The van der Waals surface area contributed by atoms with Crippen molar-refractivity contribution in [3.05, 3.63) is 70.0 Å². The number of sulfone groups is 1. The van der Waals surface area contributed by atoms with E-state index in [1.807, 2.05) is 24.3 Å². The third-order valence-electron chi connectivity index (χ3n) is 4.61. The zero-order valence-electron chi connectivity index (χ0n) is 17.3. The van der Waals surface area contributed by atoms with Crippen molar-refractivity contribution in [2.75, 3.05) is 19.8 Å². The summed E-state index contributed by atoms with van der Waals surface area (Å²) >= 11 is 5.96. The molecule has 0 radical (unpaired) electrons. The van der Waals surface area contributed by atoms with Crippen molar-refractivity contribution in [1.82, 2.24) is 10.6 Å². The van der Waals surface area contributed by atoms with Gasteiger partial charge in [0.05, 0.1) is 5.75 Å². The van der Waals surface area contributed by atoms with Crippen LogP contribution in [-0.4, -0.2) is 34.2 Å². The van der Waals surface area contributed by atoms with Gasteiger partial charge in [0.1, 0.15) is 5.82 Å². The molecule has 9 heteroatoms. The predicted octanol–water partition coefficient (Wildman–Crippen LogP) is 4.50. The molecule has 0 aliphatic heterocycles. The van der Waals surface area contributed by atoms with Crippen molar-refractivity contribution in [1.29, 1.82) is 0 Å². The first-order valence-corrected chi connectivity index (χ1v) is 11.8. The van der Waals surface area contributed by atoms with E-state index >= 15 is 0 Å². The highest BCUT2D eigenvalue weighted by atomic mass is 127. The lowest BCUT2D eigenvalue weighted by atomic mass is 9.96. The Morgan fingerprint density at radius 3 is 2.37 bits per heavy atom. The largest absolute Gasteiger partial charge is 0.356 e. The van der Waals surface area contributed by atoms with E-state index < -0.39 is 15.7 Å². The average Bonchev–Trinajstić information content (AvgIpc) is 2.66. The first kappa shape index (κ1) is 26.6. The lowest BCUT2D eigenvalue weighted by Crippen LogP contribution is -2.39. The van der Waals surface area contributed by atoms with Crippen LogP contribution in [0.25, 0.3) is 0 Å². The number of nitrogens with zero attached hydrogens (tertiary/aromatic N) is 1. The molecule has 0 saturated heterocycles. The quantitative estimate of drug-likeness (QED) is 0.280. The smallest absolute Gasteiger partial charge is 0.191 e. The Morgan fingerprint density at radius 2 is 1.80 bits per heavy atom. The molecule has 2 aromatic carbocycles. The minimum absolute atomic E-state index is 0. The van der Waals surface area contributed by atoms with Gasteiger partial charge in [0.25, 0.3) is 0 Å². The summed E-state index contributed by atoms with van der Waals surface area (Å²) in [5, 5.41) is 7.12. The maximum atomic E-state index is 13.7. The molecule has 0 aromatic heterocycles. The highest BCUT2D eigenvalue weighted by Gasteiger charge is 2.13. The minimum atomic E-state index is -3.22. The van der Waals surface area contributed by atoms with Crippen LogP contribution in [0.4, 0.5) is 4.39 Å². The predicted molar refractivity (Wildman–Crippen MR) is 133 cm³/mol. The van der Waals surface area contributed by atoms with Crippen molar-refractivity contribution >= 4 is 51.4 Å². The Labute approximate surface area is 200 Å². The summed E-state index contributed by atoms with van der Waals surface area (Å²) in [6.07, 6.45) is 2.10. The molecule has 2 rings (SSSR count). The fraction of sp³-hybridized carbons (Fsp3) is 0.381. The average molecular weight is 568 g/mol. The van der Waals surface area contributed by atoms with E-state index in [0.29, 0.717) is 28.7 Å². The molecule has 0 saturated carbocycles. The molecule has 0 bridgehead atoms. The molecule has 166 valence electrons. The Bertz CT molecular complexity index is 953. The zero-order chi connectivity index (χ0) is 21.4. The van der Waals surface area contributed by atoms with E-state index in [1.54, 1.807) is 7.05 Å². The lowest BCUT2D eigenvalue weighted by Gasteiger charge is -2.19. The minimum Gasteiger partial charge on any atom is -0.356 e. The van der Waals surface area contributed by atoms with Crippen LogP contribution >= 0.6 is 35.6 Å². The van der Waals surface area contributed by atoms with Crippen molar-refractivity contribution in [3.8, 4) is 0 Å². The number of guanidine groups is 1. The molecule has 5 nitrogen and oxygen atoms in total. The maximum absolute atomic E-state index is 13.7. The van der Waals surface area contributed by atoms with Crippen LogP contribution in [0.3, 0.4) is 0 Å². The van der Waals surface area contributed by atoms with Crippen LogP contribution in [0, 0.1) is 5.82 Å². The third-order valence-corrected chi connectivity index (χ3v) is 5.69. The van der Waals surface area contributed by atoms with Crippen molar-refractivity contribution in [2.45, 2.75) is 31.6 Å². The van der Waals surface area contributed by atoms with Gasteiger partial charge in [-0.25, -0.2) is 12.8 Å². The number of rotatable bonds is 8. The van der Waals surface area contributed by atoms with Gasteiger partial charge in [-0.15, -0.1) is 24.0 Å². The van der Waals surface area contributed by atoms with E-state index in [1.165, 1.54) is 23.8 Å². The molecule has 0 heterocycles. The molecule has 1 unspecified atom stereocenters. The number of nitrogens with one attached hydrogen (secondary N) is 2. The van der Waals surface area contributed by atoms with Gasteiger partial charge in [0.15, 0.2) is 15.8 Å². The number of hydrogen-bond acceptors (Lipinski definition) is 3. The van der Waals surface area contributed by atoms with Crippen molar-refractivity contribution in [3.63, 3.8) is 0 Å². The van der Waals surface area contributed by atoms with Crippen LogP contribution in [0.1, 0.15) is 36.0 Å². The normalized spacial score (nSPS) is 12.8. The Morgan fingerprint density at radius 1 is 1.13 bits per heavy atom. The first-order valence-electron chi connectivity index (χ1n) is 9.36. The molecule has 0 fully saturated rings. The topological polar surface area (TPSA) is 70.6 Å². The fourth-order valence-electron chi connectivity index (χ4n) is 3.03. The molecule has 0 spiro atoms. The molecule has 0 aliphatic carbocycles. The van der Waals surface area contributed by atoms with Crippen LogP contribution in [0.2, 0.25) is 5.02 Å². The lowest BCUT2D eigenvalue weighted by molar-refractivity contribution is 0.599. The summed E-state index contributed by atoms with van der Waals surface area (Å²) in [7, 11) is -1.57. The Kier molecular flexibility index (Phi) is 11.1. The van der Waals surface area contributed by atoms with E-state index in [2.05, 4.69) is 22.5 Å². The first-order chi connectivity index (χ1) is 13.7. The summed E-state index contributed by atoms with van der Waals surface area (Å²) in [5.74, 6) is 0.300. The molecule has 30 heavy (non-hydrogen) atoms. The highest BCUT2D eigenvalue weighted by molar-refractivity contribution is 14.0. The molecule has 1 atom stereocenters. The van der Waals surface area contributed by atoms with Crippen LogP contribution < -0.4 is 10.6 Å². The zero-order valence-corrected chi connectivity index (χ0v) is 21.2. The van der Waals surface area contributed by atoms with Gasteiger partial charge in [-0.2, -0.15) is 0 Å². The van der Waals surface area contributed by atoms with E-state index in [9.17, 15) is 12.8 Å². The molecule has 2 N–H and O–H groups in total. The van der Waals surface area contributed by atoms with Gasteiger partial charge in [0, 0.05) is 37.3 Å². The van der Waals surface area contributed by atoms with Crippen molar-refractivity contribution < 1.29 is 12.8 Å². The Hall–Kier alpha value is -1.39. The van der Waals surface area contributed by atoms with E-state index in [-0.39, 0.29) is 42.2 Å². The number of hydrogen-bond donors (Lipinski definition) is 2. The van der Waals surface area contributed by atoms with Crippen molar-refractivity contribution in [2.24, 2.45) is 4.99 Å². The van der Waals surface area contributed by atoms with Gasteiger partial charge in [-0.05, 0) is 47.4 Å². The third kappa shape index (κ3) is 8.77. The van der Waals surface area contributed by atoms with Gasteiger partial charge in [-0.1, -0.05) is 36.7 Å². The summed E-state index contributed by atoms with van der Waals surface area (Å²) < 4.78 is 36.9. The molecular weight excluding hydrogens is 540 g/mol. The summed E-state index contributed by atoms with van der Waals surface area (Å²) in [6, 6.07) is 11.9. The Balaban J connectivity index is 0.00000450. The molecular formula is C21H28ClFIN3O2S. The number of benzene rings is 2. The second-order valence-electron chi connectivity index (χ2n) is 6.95. The van der Waals surface area contributed by atoms with Gasteiger partial charge in [-0.3, -0.25) is 4.99 Å². The van der Waals surface area contributed by atoms with Gasteiger partial charge >= 0.3 is 0 Å². The molecule has 2 aromatic rings. The SMILES string of the molecule is CCC(CNC(=NC)NCc1cc(F)ccc1CS(C)(=O)=O)c1ccc(Cl)cc1.I. The summed E-state index contributed by atoms with van der Waals surface area (Å²) in [4.78, 5) is 4.21. The van der Waals surface area contributed by atoms with E-state index in [0.717, 1.165) is 12.7 Å². The van der Waals surface area contributed by atoms with Gasteiger partial charge < -0.3 is 10.6 Å². The van der Waals surface area contributed by atoms with Gasteiger partial charge in [0.2, 0.25) is 0 Å². The monoisotopic (exact) mass is 567 g/mol.